The third kappa shape index (κ3) is 10.3. The number of aryl methyl sites for hydroxylation is 1. The maximum atomic E-state index is 2.74. The third-order valence-electron chi connectivity index (χ3n) is 6.20. The molecule has 0 bridgehead atoms. The van der Waals surface area contributed by atoms with Gasteiger partial charge in [-0.3, -0.25) is 0 Å². The fourth-order valence-corrected chi connectivity index (χ4v) is 16.3. The van der Waals surface area contributed by atoms with E-state index in [1.54, 1.807) is 5.56 Å². The van der Waals surface area contributed by atoms with Crippen LogP contribution in [0.15, 0.2) is 6.07 Å². The second kappa shape index (κ2) is 14.7. The first-order valence-electron chi connectivity index (χ1n) is 12.7. The molecule has 0 aromatic carbocycles. The fourth-order valence-electron chi connectivity index (χ4n) is 4.42. The minimum absolute atomic E-state index is 0.567. The normalized spacial score (nSPS) is 12.7. The van der Waals surface area contributed by atoms with Gasteiger partial charge in [0.2, 0.25) is 0 Å². The molecule has 0 aliphatic heterocycles. The molecule has 2 radical (unpaired) electrons. The van der Waals surface area contributed by atoms with E-state index < -0.39 is 29.2 Å². The van der Waals surface area contributed by atoms with Crippen LogP contribution in [0.2, 0.25) is 23.1 Å². The molecule has 168 valence electrons. The Balaban J connectivity index is 3.09. The van der Waals surface area contributed by atoms with Gasteiger partial charge in [-0.1, -0.05) is 0 Å². The molecule has 0 N–H and O–H groups in total. The molecule has 0 aliphatic carbocycles. The second-order valence-electron chi connectivity index (χ2n) is 10.2. The average molecular weight is 542 g/mol. The molecule has 1 rings (SSSR count). The molecular formula is C26H50SSiSn. The van der Waals surface area contributed by atoms with Gasteiger partial charge in [-0.15, -0.1) is 0 Å². The van der Waals surface area contributed by atoms with Crippen LogP contribution in [-0.4, -0.2) is 29.2 Å². The van der Waals surface area contributed by atoms with Gasteiger partial charge in [0, 0.05) is 0 Å². The molecule has 0 amide bonds. The Morgan fingerprint density at radius 3 is 1.72 bits per heavy atom. The van der Waals surface area contributed by atoms with Crippen LogP contribution in [0.1, 0.15) is 117 Å². The van der Waals surface area contributed by atoms with Gasteiger partial charge in [0.15, 0.2) is 0 Å². The summed E-state index contributed by atoms with van der Waals surface area (Å²) < 4.78 is 4.46. The van der Waals surface area contributed by atoms with Gasteiger partial charge in [-0.2, -0.15) is 0 Å². The predicted molar refractivity (Wildman–Crippen MR) is 142 cm³/mol. The average Bonchev–Trinajstić information content (AvgIpc) is 3.09. The van der Waals surface area contributed by atoms with Crippen LogP contribution in [0.3, 0.4) is 0 Å². The van der Waals surface area contributed by atoms with Gasteiger partial charge in [0.05, 0.1) is 0 Å². The van der Waals surface area contributed by atoms with Gasteiger partial charge in [-0.25, -0.2) is 0 Å². The van der Waals surface area contributed by atoms with Crippen molar-refractivity contribution >= 4 is 47.9 Å². The van der Waals surface area contributed by atoms with Gasteiger partial charge in [0.25, 0.3) is 0 Å². The summed E-state index contributed by atoms with van der Waals surface area (Å²) in [6.45, 7) is 17.2. The Bertz CT molecular complexity index is 522. The molecule has 1 aromatic heterocycles. The number of unbranched alkanes of at least 4 members (excludes halogenated alkanes) is 6. The van der Waals surface area contributed by atoms with Crippen molar-refractivity contribution in [2.24, 2.45) is 0 Å². The number of hydrogen-bond donors (Lipinski definition) is 0. The van der Waals surface area contributed by atoms with E-state index in [2.05, 4.69) is 64.7 Å². The fraction of sp³-hybridized carbons (Fsp3) is 0.846. The van der Waals surface area contributed by atoms with Crippen LogP contribution in [0.25, 0.3) is 0 Å². The van der Waals surface area contributed by atoms with Crippen LogP contribution in [0.4, 0.5) is 0 Å². The molecule has 3 heteroatoms. The van der Waals surface area contributed by atoms with E-state index in [1.807, 2.05) is 7.39 Å². The first-order valence-corrected chi connectivity index (χ1v) is 19.9. The van der Waals surface area contributed by atoms with Gasteiger partial charge in [0.1, 0.15) is 0 Å². The quantitative estimate of drug-likeness (QED) is 0.137. The zero-order valence-corrected chi connectivity index (χ0v) is 25.6. The summed E-state index contributed by atoms with van der Waals surface area (Å²) in [5, 5.41) is 0. The molecule has 0 aliphatic rings. The van der Waals surface area contributed by atoms with E-state index in [4.69, 9.17) is 0 Å². The molecule has 1 aromatic rings. The van der Waals surface area contributed by atoms with E-state index in [0.29, 0.717) is 0 Å². The summed E-state index contributed by atoms with van der Waals surface area (Å²) in [4.78, 5) is 0. The van der Waals surface area contributed by atoms with E-state index in [0.717, 1.165) is 3.43 Å². The van der Waals surface area contributed by atoms with Crippen molar-refractivity contribution in [1.82, 2.24) is 0 Å². The number of rotatable bonds is 17. The van der Waals surface area contributed by atoms with Crippen LogP contribution in [0, 0.1) is 0 Å². The van der Waals surface area contributed by atoms with E-state index in [-0.39, 0.29) is 0 Å². The Hall–Kier alpha value is 0.716. The van der Waals surface area contributed by atoms with Gasteiger partial charge < -0.3 is 0 Å². The van der Waals surface area contributed by atoms with Crippen LogP contribution in [0.5, 0.6) is 0 Å². The molecule has 0 atom stereocenters. The SMILES string of the molecule is CCCCCCc1c[c]([Sn][C](CCCC)(CCCC)CCCC)sc1[Si](C)(C)C. The minimum atomic E-state index is -1.23. The van der Waals surface area contributed by atoms with Crippen molar-refractivity contribution < 1.29 is 0 Å². The molecule has 0 unspecified atom stereocenters. The van der Waals surface area contributed by atoms with Gasteiger partial charge in [-0.05, 0) is 0 Å². The van der Waals surface area contributed by atoms with Crippen LogP contribution >= 0.6 is 11.3 Å². The van der Waals surface area contributed by atoms with E-state index >= 15 is 0 Å². The summed E-state index contributed by atoms with van der Waals surface area (Å²) >= 11 is 1.73. The van der Waals surface area contributed by atoms with E-state index in [1.165, 1.54) is 89.9 Å². The van der Waals surface area contributed by atoms with Crippen molar-refractivity contribution in [3.63, 3.8) is 0 Å². The summed E-state index contributed by atoms with van der Waals surface area (Å²) in [5.41, 5.74) is 1.77. The molecule has 0 saturated carbocycles. The zero-order valence-electron chi connectivity index (χ0n) is 20.9. The van der Waals surface area contributed by atoms with Crippen molar-refractivity contribution in [2.45, 2.75) is 141 Å². The molecule has 0 fully saturated rings. The topological polar surface area (TPSA) is 0 Å². The first kappa shape index (κ1) is 27.7. The first-order chi connectivity index (χ1) is 13.8. The summed E-state index contributed by atoms with van der Waals surface area (Å²) in [6, 6.07) is 2.74. The van der Waals surface area contributed by atoms with Crippen molar-refractivity contribution in [3.05, 3.63) is 11.6 Å². The third-order valence-corrected chi connectivity index (χ3v) is 17.2. The molecule has 0 saturated heterocycles. The Labute approximate surface area is 199 Å². The molecular weight excluding hydrogens is 491 g/mol. The van der Waals surface area contributed by atoms with E-state index in [9.17, 15) is 0 Å². The zero-order chi connectivity index (χ0) is 21.8. The Kier molecular flexibility index (Phi) is 14.1. The van der Waals surface area contributed by atoms with Gasteiger partial charge >= 0.3 is 200 Å². The monoisotopic (exact) mass is 542 g/mol. The standard InChI is InChI=1S/C13H23SSi.C13H27.Sn/c1-5-6-7-8-9-12-10-11-14-13(12)15(2,3)4;1-4-7-10-13(11-8-5-2)12-9-6-3;/h10H,5-9H2,1-4H3;4-12H2,1-3H3;. The molecule has 0 nitrogen and oxygen atoms in total. The number of thiophene rings is 1. The number of hydrogen-bond acceptors (Lipinski definition) is 1. The Morgan fingerprint density at radius 2 is 1.28 bits per heavy atom. The molecule has 29 heavy (non-hydrogen) atoms. The van der Waals surface area contributed by atoms with Crippen molar-refractivity contribution in [3.8, 4) is 0 Å². The molecule has 0 spiro atoms. The van der Waals surface area contributed by atoms with Crippen molar-refractivity contribution in [2.75, 3.05) is 0 Å². The Morgan fingerprint density at radius 1 is 0.759 bits per heavy atom. The van der Waals surface area contributed by atoms with Crippen LogP contribution < -0.4 is 7.39 Å². The summed E-state index contributed by atoms with van der Waals surface area (Å²) in [5.74, 6) is 0. The van der Waals surface area contributed by atoms with Crippen molar-refractivity contribution in [1.29, 1.82) is 0 Å². The molecule has 1 heterocycles. The predicted octanol–water partition coefficient (Wildman–Crippen LogP) is 8.47. The maximum absolute atomic E-state index is 2.74. The summed E-state index contributed by atoms with van der Waals surface area (Å²) in [6.07, 6.45) is 19.9. The summed E-state index contributed by atoms with van der Waals surface area (Å²) in [7, 11) is -1.23. The van der Waals surface area contributed by atoms with Crippen LogP contribution in [-0.2, 0) is 6.42 Å². The second-order valence-corrected chi connectivity index (χ2v) is 23.0.